The molecule has 2 aliphatic rings. The van der Waals surface area contributed by atoms with E-state index >= 15 is 0 Å². The van der Waals surface area contributed by atoms with Crippen LogP contribution in [0.5, 0.6) is 0 Å². The standard InChI is InChI=1S/C23H20F3N5OS.C23H22FN5OS/c1-30-21(16(10-27-30)23-29-18(12-33-23)22(25)26)19(32)8-13-6-7-31-11-17(28-20(31)9-13)14-2-4-15(24)5-3-14;1-14-13-31-23(26-14)18-11-25-28(2)22(18)20(30)9-15-7-8-29-12-19(27-21(29)10-15)16-3-5-17(24)6-4-16/h2-5,10-13,22H,6-9H2,1H3;3-6,11-13,15H,7-10H2,1-2H3. The zero-order chi connectivity index (χ0) is 44.6. The number of thiazole rings is 2. The fraction of sp³-hybridized carbons (Fsp3) is 0.304. The Bertz CT molecular complexity index is 2960. The Hall–Kier alpha value is -6.40. The van der Waals surface area contributed by atoms with Gasteiger partial charge < -0.3 is 9.13 Å². The number of ketones is 2. The van der Waals surface area contributed by atoms with Crippen molar-refractivity contribution in [1.82, 2.24) is 48.6 Å². The van der Waals surface area contributed by atoms with Crippen molar-refractivity contribution >= 4 is 34.2 Å². The first kappa shape index (κ1) is 42.9. The monoisotopic (exact) mass is 906 g/mol. The largest absolute Gasteiger partial charge is 0.334 e. The Morgan fingerprint density at radius 1 is 0.672 bits per heavy atom. The fourth-order valence-corrected chi connectivity index (χ4v) is 10.0. The van der Waals surface area contributed by atoms with Crippen LogP contribution in [0.2, 0.25) is 0 Å². The molecule has 0 saturated heterocycles. The summed E-state index contributed by atoms with van der Waals surface area (Å²) >= 11 is 2.61. The van der Waals surface area contributed by atoms with E-state index < -0.39 is 6.43 Å². The van der Waals surface area contributed by atoms with E-state index in [0.717, 1.165) is 94.1 Å². The lowest BCUT2D eigenvalue weighted by Crippen LogP contribution is -2.22. The summed E-state index contributed by atoms with van der Waals surface area (Å²) in [5.74, 6) is 1.64. The summed E-state index contributed by atoms with van der Waals surface area (Å²) in [4.78, 5) is 44.4. The number of Topliss-reactive ketones (excluding diaryl/α,β-unsaturated/α-hetero) is 2. The number of imidazole rings is 2. The molecular formula is C46H42F4N10O2S2. The van der Waals surface area contributed by atoms with Gasteiger partial charge >= 0.3 is 0 Å². The third-order valence-corrected chi connectivity index (χ3v) is 13.6. The molecule has 2 unspecified atom stereocenters. The number of aryl methyl sites for hydroxylation is 5. The number of hydrogen-bond donors (Lipinski definition) is 0. The number of benzene rings is 2. The van der Waals surface area contributed by atoms with E-state index in [1.807, 2.05) is 24.7 Å². The molecule has 6 aromatic heterocycles. The molecule has 328 valence electrons. The molecule has 64 heavy (non-hydrogen) atoms. The molecule has 18 heteroatoms. The molecule has 0 bridgehead atoms. The number of aromatic nitrogens is 10. The SMILES string of the molecule is Cc1csc(-c2cnn(C)c2C(=O)CC2CCn3cc(-c4ccc(F)cc4)nc3C2)n1.Cn1ncc(-c2nc(C(F)F)cs2)c1C(=O)CC1CCn2cc(-c3ccc(F)cc3)nc2C1. The van der Waals surface area contributed by atoms with Crippen molar-refractivity contribution in [2.45, 2.75) is 65.0 Å². The van der Waals surface area contributed by atoms with E-state index in [9.17, 15) is 27.2 Å². The van der Waals surface area contributed by atoms with Gasteiger partial charge in [0.2, 0.25) is 0 Å². The van der Waals surface area contributed by atoms with Gasteiger partial charge in [-0.05, 0) is 80.1 Å². The quantitative estimate of drug-likeness (QED) is 0.0926. The molecule has 10 rings (SSSR count). The van der Waals surface area contributed by atoms with Gasteiger partial charge in [0.15, 0.2) is 11.6 Å². The topological polar surface area (TPSA) is 131 Å². The smallest absolute Gasteiger partial charge is 0.281 e. The predicted molar refractivity (Wildman–Crippen MR) is 235 cm³/mol. The van der Waals surface area contributed by atoms with Crippen molar-refractivity contribution in [2.24, 2.45) is 25.9 Å². The lowest BCUT2D eigenvalue weighted by atomic mass is 9.91. The van der Waals surface area contributed by atoms with Crippen LogP contribution in [-0.4, -0.2) is 60.2 Å². The fourth-order valence-electron chi connectivity index (χ4n) is 8.41. The highest BCUT2D eigenvalue weighted by molar-refractivity contribution is 7.13. The van der Waals surface area contributed by atoms with Crippen LogP contribution in [0.3, 0.4) is 0 Å². The molecular weight excluding hydrogens is 865 g/mol. The summed E-state index contributed by atoms with van der Waals surface area (Å²) in [5, 5.41) is 13.0. The summed E-state index contributed by atoms with van der Waals surface area (Å²) in [7, 11) is 3.47. The number of hydrogen-bond acceptors (Lipinski definition) is 10. The molecule has 12 nitrogen and oxygen atoms in total. The highest BCUT2D eigenvalue weighted by Crippen LogP contribution is 2.34. The number of carbonyl (C=O) groups excluding carboxylic acids is 2. The number of carbonyl (C=O) groups is 2. The molecule has 2 atom stereocenters. The molecule has 0 N–H and O–H groups in total. The second-order valence-electron chi connectivity index (χ2n) is 16.2. The minimum Gasteiger partial charge on any atom is -0.334 e. The Labute approximate surface area is 373 Å². The number of alkyl halides is 2. The van der Waals surface area contributed by atoms with E-state index in [-0.39, 0.29) is 40.7 Å². The molecule has 2 aliphatic heterocycles. The van der Waals surface area contributed by atoms with Crippen molar-refractivity contribution in [3.63, 3.8) is 0 Å². The number of rotatable bonds is 11. The van der Waals surface area contributed by atoms with Crippen molar-refractivity contribution in [2.75, 3.05) is 0 Å². The summed E-state index contributed by atoms with van der Waals surface area (Å²) in [6, 6.07) is 12.6. The minimum atomic E-state index is -2.66. The molecule has 0 radical (unpaired) electrons. The first-order valence-electron chi connectivity index (χ1n) is 20.8. The summed E-state index contributed by atoms with van der Waals surface area (Å²) in [6.07, 6.45) is 8.44. The zero-order valence-electron chi connectivity index (χ0n) is 35.1. The molecule has 0 saturated carbocycles. The third kappa shape index (κ3) is 9.01. The van der Waals surface area contributed by atoms with Crippen molar-refractivity contribution in [3.05, 3.63) is 130 Å². The van der Waals surface area contributed by atoms with Crippen LogP contribution < -0.4 is 0 Å². The molecule has 8 heterocycles. The molecule has 0 spiro atoms. The first-order chi connectivity index (χ1) is 30.9. The van der Waals surface area contributed by atoms with Crippen LogP contribution in [0.4, 0.5) is 17.6 Å². The average Bonchev–Trinajstić information content (AvgIpc) is 4.14. The van der Waals surface area contributed by atoms with Gasteiger partial charge in [-0.15, -0.1) is 22.7 Å². The first-order valence-corrected chi connectivity index (χ1v) is 22.5. The Morgan fingerprint density at radius 2 is 1.12 bits per heavy atom. The van der Waals surface area contributed by atoms with Crippen molar-refractivity contribution in [3.8, 4) is 43.7 Å². The van der Waals surface area contributed by atoms with Gasteiger partial charge in [0.1, 0.15) is 50.4 Å². The maximum absolute atomic E-state index is 13.2. The van der Waals surface area contributed by atoms with Crippen LogP contribution in [0.25, 0.3) is 43.7 Å². The highest BCUT2D eigenvalue weighted by Gasteiger charge is 2.29. The lowest BCUT2D eigenvalue weighted by molar-refractivity contribution is 0.0936. The van der Waals surface area contributed by atoms with E-state index in [4.69, 9.17) is 9.97 Å². The second kappa shape index (κ2) is 18.0. The zero-order valence-corrected chi connectivity index (χ0v) is 36.7. The van der Waals surface area contributed by atoms with E-state index in [0.29, 0.717) is 41.2 Å². The minimum absolute atomic E-state index is 0.0895. The molecule has 2 aromatic carbocycles. The second-order valence-corrected chi connectivity index (χ2v) is 17.9. The predicted octanol–water partition coefficient (Wildman–Crippen LogP) is 10.0. The number of nitrogens with zero attached hydrogens (tertiary/aromatic N) is 10. The Balaban J connectivity index is 0.000000162. The molecule has 0 fully saturated rings. The van der Waals surface area contributed by atoms with E-state index in [1.54, 1.807) is 49.2 Å². The highest BCUT2D eigenvalue weighted by atomic mass is 32.1. The van der Waals surface area contributed by atoms with Crippen molar-refractivity contribution < 1.29 is 27.2 Å². The lowest BCUT2D eigenvalue weighted by Gasteiger charge is -2.22. The summed E-state index contributed by atoms with van der Waals surface area (Å²) < 4.78 is 59.7. The molecule has 8 aromatic rings. The summed E-state index contributed by atoms with van der Waals surface area (Å²) in [6.45, 7) is 3.51. The van der Waals surface area contributed by atoms with Gasteiger partial charge in [-0.3, -0.25) is 19.0 Å². The number of halogens is 4. The van der Waals surface area contributed by atoms with Gasteiger partial charge in [-0.2, -0.15) is 10.2 Å². The third-order valence-electron chi connectivity index (χ3n) is 11.7. The Kier molecular flexibility index (Phi) is 12.1. The van der Waals surface area contributed by atoms with Gasteiger partial charge in [0, 0.05) is 92.8 Å². The maximum atomic E-state index is 13.2. The van der Waals surface area contributed by atoms with Gasteiger partial charge in [0.25, 0.3) is 6.43 Å². The van der Waals surface area contributed by atoms with Crippen LogP contribution >= 0.6 is 22.7 Å². The van der Waals surface area contributed by atoms with Crippen LogP contribution in [-0.2, 0) is 40.0 Å². The Morgan fingerprint density at radius 3 is 1.55 bits per heavy atom. The van der Waals surface area contributed by atoms with E-state index in [1.165, 1.54) is 51.9 Å². The van der Waals surface area contributed by atoms with Gasteiger partial charge in [-0.25, -0.2) is 37.5 Å². The van der Waals surface area contributed by atoms with Crippen LogP contribution in [0.15, 0.2) is 84.1 Å². The van der Waals surface area contributed by atoms with Crippen molar-refractivity contribution in [1.29, 1.82) is 0 Å². The number of fused-ring (bicyclic) bond motifs is 2. The van der Waals surface area contributed by atoms with Crippen LogP contribution in [0.1, 0.15) is 76.1 Å². The summed E-state index contributed by atoms with van der Waals surface area (Å²) in [5.41, 5.74) is 6.30. The normalized spacial score (nSPS) is 15.8. The van der Waals surface area contributed by atoms with Gasteiger partial charge in [0.05, 0.1) is 34.9 Å². The maximum Gasteiger partial charge on any atom is 0.281 e. The van der Waals surface area contributed by atoms with Gasteiger partial charge in [-0.1, -0.05) is 0 Å². The molecule has 0 amide bonds. The van der Waals surface area contributed by atoms with Crippen LogP contribution in [0, 0.1) is 30.4 Å². The van der Waals surface area contributed by atoms with E-state index in [2.05, 4.69) is 29.3 Å². The average molecular weight is 907 g/mol. The molecule has 0 aliphatic carbocycles.